The standard InChI is InChI=1S/C10H13O2S.Na/c1-3-8(2)9-4-6-10(7-5-9)13(11)12;/h4-8H,3H2,1-2H3;/q-1;+1. The van der Waals surface area contributed by atoms with Crippen molar-refractivity contribution in [2.45, 2.75) is 31.1 Å². The van der Waals surface area contributed by atoms with Gasteiger partial charge in [-0.15, -0.1) is 0 Å². The Morgan fingerprint density at radius 3 is 2.07 bits per heavy atom. The SMILES string of the molecule is CCC(C)c1ccc([S-](=O)=O)cc1.[Na+]. The molecule has 1 atom stereocenters. The minimum Gasteiger partial charge on any atom is -0.420 e. The van der Waals surface area contributed by atoms with E-state index in [1.807, 2.05) is 12.1 Å². The normalized spacial score (nSPS) is 12.2. The molecule has 4 heteroatoms. The second kappa shape index (κ2) is 6.62. The van der Waals surface area contributed by atoms with Crippen LogP contribution in [0.5, 0.6) is 0 Å². The molecule has 0 aromatic heterocycles. The molecule has 14 heavy (non-hydrogen) atoms. The van der Waals surface area contributed by atoms with Crippen molar-refractivity contribution in [3.8, 4) is 0 Å². The van der Waals surface area contributed by atoms with Gasteiger partial charge in [0, 0.05) is 0 Å². The van der Waals surface area contributed by atoms with E-state index in [4.69, 9.17) is 0 Å². The Labute approximate surface area is 109 Å². The van der Waals surface area contributed by atoms with Gasteiger partial charge in [-0.25, -0.2) is 0 Å². The molecule has 0 N–H and O–H groups in total. The topological polar surface area (TPSA) is 34.1 Å². The van der Waals surface area contributed by atoms with Crippen molar-refractivity contribution >= 4 is 10.7 Å². The Balaban J connectivity index is 0.00000169. The van der Waals surface area contributed by atoms with Crippen LogP contribution in [0, 0.1) is 0 Å². The zero-order chi connectivity index (χ0) is 9.84. The van der Waals surface area contributed by atoms with E-state index in [1.54, 1.807) is 12.1 Å². The van der Waals surface area contributed by atoms with Crippen LogP contribution in [0.4, 0.5) is 0 Å². The van der Waals surface area contributed by atoms with E-state index in [9.17, 15) is 8.42 Å². The van der Waals surface area contributed by atoms with Gasteiger partial charge in [0.15, 0.2) is 0 Å². The molecule has 2 nitrogen and oxygen atoms in total. The van der Waals surface area contributed by atoms with Crippen LogP contribution in [0.25, 0.3) is 0 Å². The van der Waals surface area contributed by atoms with E-state index in [-0.39, 0.29) is 29.6 Å². The Morgan fingerprint density at radius 1 is 1.21 bits per heavy atom. The van der Waals surface area contributed by atoms with Gasteiger partial charge in [-0.1, -0.05) is 43.0 Å². The fourth-order valence-electron chi connectivity index (χ4n) is 1.14. The van der Waals surface area contributed by atoms with E-state index >= 15 is 0 Å². The molecular weight excluding hydrogens is 207 g/mol. The third kappa shape index (κ3) is 3.73. The molecule has 0 saturated heterocycles. The van der Waals surface area contributed by atoms with E-state index in [0.29, 0.717) is 10.8 Å². The van der Waals surface area contributed by atoms with E-state index < -0.39 is 10.7 Å². The number of benzene rings is 1. The first-order valence-corrected chi connectivity index (χ1v) is 5.42. The van der Waals surface area contributed by atoms with Gasteiger partial charge in [-0.3, -0.25) is 0 Å². The summed E-state index contributed by atoms with van der Waals surface area (Å²) in [6, 6.07) is 7.04. The maximum absolute atomic E-state index is 10.6. The van der Waals surface area contributed by atoms with E-state index in [2.05, 4.69) is 13.8 Å². The van der Waals surface area contributed by atoms with Gasteiger partial charge in [-0.05, 0) is 28.6 Å². The average Bonchev–Trinajstić information content (AvgIpc) is 2.17. The van der Waals surface area contributed by atoms with Gasteiger partial charge < -0.3 is 8.42 Å². The molecule has 0 aliphatic rings. The van der Waals surface area contributed by atoms with E-state index in [1.165, 1.54) is 5.56 Å². The predicted octanol–water partition coefficient (Wildman–Crippen LogP) is -0.128. The van der Waals surface area contributed by atoms with Crippen LogP contribution in [0.2, 0.25) is 0 Å². The molecule has 72 valence electrons. The van der Waals surface area contributed by atoms with Crippen molar-refractivity contribution < 1.29 is 38.0 Å². The van der Waals surface area contributed by atoms with Gasteiger partial charge in [0.25, 0.3) is 0 Å². The minimum atomic E-state index is -2.10. The molecule has 1 unspecified atom stereocenters. The first-order valence-electron chi connectivity index (χ1n) is 4.34. The van der Waals surface area contributed by atoms with Crippen LogP contribution < -0.4 is 29.6 Å². The van der Waals surface area contributed by atoms with Crippen molar-refractivity contribution in [1.29, 1.82) is 0 Å². The summed E-state index contributed by atoms with van der Waals surface area (Å²) in [4.78, 5) is 0.354. The van der Waals surface area contributed by atoms with Crippen molar-refractivity contribution in [2.24, 2.45) is 0 Å². The summed E-state index contributed by atoms with van der Waals surface area (Å²) in [5, 5.41) is 0. The van der Waals surface area contributed by atoms with Gasteiger partial charge in [0.1, 0.15) is 0 Å². The molecule has 0 aliphatic carbocycles. The molecule has 0 spiro atoms. The van der Waals surface area contributed by atoms with Crippen molar-refractivity contribution in [3.63, 3.8) is 0 Å². The summed E-state index contributed by atoms with van der Waals surface area (Å²) in [5.41, 5.74) is 1.19. The fraction of sp³-hybridized carbons (Fsp3) is 0.400. The molecule has 0 fully saturated rings. The molecule has 0 radical (unpaired) electrons. The molecule has 1 rings (SSSR count). The number of hydrogen-bond donors (Lipinski definition) is 0. The second-order valence-electron chi connectivity index (χ2n) is 3.11. The van der Waals surface area contributed by atoms with E-state index in [0.717, 1.165) is 6.42 Å². The molecular formula is C10H13NaO2S. The molecule has 0 saturated carbocycles. The van der Waals surface area contributed by atoms with Crippen LogP contribution in [-0.2, 0) is 19.1 Å². The van der Waals surface area contributed by atoms with Gasteiger partial charge in [0.05, 0.1) is 0 Å². The first-order chi connectivity index (χ1) is 6.15. The van der Waals surface area contributed by atoms with Crippen LogP contribution in [0.1, 0.15) is 31.7 Å². The Bertz CT molecular complexity index is 336. The molecule has 0 bridgehead atoms. The summed E-state index contributed by atoms with van der Waals surface area (Å²) in [6.45, 7) is 4.24. The number of rotatable bonds is 3. The van der Waals surface area contributed by atoms with Crippen molar-refractivity contribution in [1.82, 2.24) is 0 Å². The zero-order valence-electron chi connectivity index (χ0n) is 8.82. The third-order valence-electron chi connectivity index (χ3n) is 2.25. The summed E-state index contributed by atoms with van der Waals surface area (Å²) in [6.07, 6.45) is 1.07. The zero-order valence-corrected chi connectivity index (χ0v) is 11.6. The third-order valence-corrected chi connectivity index (χ3v) is 2.91. The van der Waals surface area contributed by atoms with Crippen molar-refractivity contribution in [3.05, 3.63) is 29.8 Å². The summed E-state index contributed by atoms with van der Waals surface area (Å²) < 4.78 is 21.1. The molecule has 1 aromatic rings. The molecule has 0 aliphatic heterocycles. The average molecular weight is 220 g/mol. The smallest absolute Gasteiger partial charge is 0.420 e. The number of hydrogen-bond acceptors (Lipinski definition) is 3. The Kier molecular flexibility index (Phi) is 6.70. The Hall–Kier alpha value is 0.170. The first kappa shape index (κ1) is 14.2. The van der Waals surface area contributed by atoms with Gasteiger partial charge in [-0.2, -0.15) is 0 Å². The quantitative estimate of drug-likeness (QED) is 0.525. The van der Waals surface area contributed by atoms with Crippen molar-refractivity contribution in [2.75, 3.05) is 0 Å². The largest absolute Gasteiger partial charge is 1.00 e. The van der Waals surface area contributed by atoms with Crippen LogP contribution in [-0.4, -0.2) is 0 Å². The van der Waals surface area contributed by atoms with Gasteiger partial charge in [0.2, 0.25) is 0 Å². The van der Waals surface area contributed by atoms with Crippen LogP contribution in [0.3, 0.4) is 0 Å². The summed E-state index contributed by atoms with van der Waals surface area (Å²) in [7, 11) is -2.10. The molecule has 0 heterocycles. The maximum Gasteiger partial charge on any atom is 1.00 e. The predicted molar refractivity (Wildman–Crippen MR) is 52.2 cm³/mol. The Morgan fingerprint density at radius 2 is 1.71 bits per heavy atom. The maximum atomic E-state index is 10.6. The summed E-state index contributed by atoms with van der Waals surface area (Å²) >= 11 is 0. The molecule has 0 amide bonds. The second-order valence-corrected chi connectivity index (χ2v) is 4.05. The monoisotopic (exact) mass is 220 g/mol. The summed E-state index contributed by atoms with van der Waals surface area (Å²) in [5.74, 6) is 0.495. The van der Waals surface area contributed by atoms with Crippen LogP contribution >= 0.6 is 0 Å². The van der Waals surface area contributed by atoms with Gasteiger partial charge >= 0.3 is 29.6 Å². The van der Waals surface area contributed by atoms with Crippen LogP contribution in [0.15, 0.2) is 29.2 Å². The fourth-order valence-corrected chi connectivity index (χ4v) is 1.50. The molecule has 1 aromatic carbocycles. The minimum absolute atomic E-state index is 0.